The second kappa shape index (κ2) is 4.91. The lowest BCUT2D eigenvalue weighted by Gasteiger charge is -2.18. The van der Waals surface area contributed by atoms with E-state index in [1.807, 2.05) is 0 Å². The van der Waals surface area contributed by atoms with Crippen molar-refractivity contribution in [3.63, 3.8) is 0 Å². The Bertz CT molecular complexity index is 698. The Balaban J connectivity index is 2.64. The highest BCUT2D eigenvalue weighted by Gasteiger charge is 2.29. The summed E-state index contributed by atoms with van der Waals surface area (Å²) in [7, 11) is -4.70. The number of rotatable bonds is 4. The van der Waals surface area contributed by atoms with Gasteiger partial charge in [-0.25, -0.2) is 14.1 Å². The Morgan fingerprint density at radius 3 is 2.68 bits per heavy atom. The molecule has 2 rings (SSSR count). The fourth-order valence-electron chi connectivity index (χ4n) is 1.36. The summed E-state index contributed by atoms with van der Waals surface area (Å²) in [6, 6.07) is 2.82. The summed E-state index contributed by atoms with van der Waals surface area (Å²) in [6.45, 7) is 0. The maximum absolute atomic E-state index is 11.4. The van der Waals surface area contributed by atoms with E-state index in [1.165, 1.54) is 30.0 Å². The molecule has 0 atom stereocenters. The minimum Gasteiger partial charge on any atom is -0.476 e. The zero-order valence-corrected chi connectivity index (χ0v) is 10.8. The van der Waals surface area contributed by atoms with Gasteiger partial charge in [-0.3, -0.25) is 9.54 Å². The third-order valence-electron chi connectivity index (χ3n) is 2.05. The van der Waals surface area contributed by atoms with Crippen molar-refractivity contribution in [2.45, 2.75) is 0 Å². The lowest BCUT2D eigenvalue weighted by Crippen LogP contribution is -2.26. The number of hydrogen-bond donors (Lipinski definition) is 2. The molecule has 10 heteroatoms. The number of carboxylic acid groups (broad SMARTS) is 1. The van der Waals surface area contributed by atoms with Gasteiger partial charge in [-0.15, -0.1) is 11.3 Å². The van der Waals surface area contributed by atoms with Crippen molar-refractivity contribution in [2.24, 2.45) is 0 Å². The van der Waals surface area contributed by atoms with Crippen LogP contribution >= 0.6 is 11.3 Å². The van der Waals surface area contributed by atoms with Gasteiger partial charge >= 0.3 is 16.3 Å². The topological polar surface area (TPSA) is 121 Å². The smallest absolute Gasteiger partial charge is 0.365 e. The van der Waals surface area contributed by atoms with E-state index < -0.39 is 22.0 Å². The first-order valence-electron chi connectivity index (χ1n) is 4.76. The molecule has 0 aromatic carbocycles. The number of carboxylic acids is 1. The van der Waals surface area contributed by atoms with E-state index in [-0.39, 0.29) is 10.7 Å². The molecule has 2 heterocycles. The van der Waals surface area contributed by atoms with Crippen LogP contribution in [0.25, 0.3) is 0 Å². The molecular weight excluding hydrogens is 294 g/mol. The Labute approximate surface area is 111 Å². The van der Waals surface area contributed by atoms with Crippen LogP contribution in [0.15, 0.2) is 30.0 Å². The van der Waals surface area contributed by atoms with Gasteiger partial charge in [-0.05, 0) is 12.1 Å². The SMILES string of the molecule is O=C(O)c1ncsc1N(c1cccnc1)S(=O)(=O)O. The van der Waals surface area contributed by atoms with Crippen LogP contribution in [0.4, 0.5) is 10.7 Å². The zero-order valence-electron chi connectivity index (χ0n) is 9.16. The molecule has 19 heavy (non-hydrogen) atoms. The van der Waals surface area contributed by atoms with Gasteiger partial charge in [0.15, 0.2) is 5.69 Å². The number of pyridine rings is 1. The zero-order chi connectivity index (χ0) is 14.0. The fraction of sp³-hybridized carbons (Fsp3) is 0. The molecule has 8 nitrogen and oxygen atoms in total. The molecule has 0 bridgehead atoms. The number of aromatic nitrogens is 2. The Kier molecular flexibility index (Phi) is 3.46. The maximum atomic E-state index is 11.4. The highest BCUT2D eigenvalue weighted by atomic mass is 32.2. The summed E-state index contributed by atoms with van der Waals surface area (Å²) in [5.74, 6) is -1.39. The molecule has 100 valence electrons. The largest absolute Gasteiger partial charge is 0.476 e. The average molecular weight is 301 g/mol. The number of carbonyl (C=O) groups is 1. The van der Waals surface area contributed by atoms with Crippen molar-refractivity contribution in [3.8, 4) is 0 Å². The monoisotopic (exact) mass is 301 g/mol. The van der Waals surface area contributed by atoms with Gasteiger partial charge in [0, 0.05) is 6.20 Å². The average Bonchev–Trinajstić information content (AvgIpc) is 2.77. The Morgan fingerprint density at radius 1 is 1.42 bits per heavy atom. The molecule has 0 radical (unpaired) electrons. The van der Waals surface area contributed by atoms with Crippen molar-refractivity contribution in [1.82, 2.24) is 9.97 Å². The Morgan fingerprint density at radius 2 is 2.16 bits per heavy atom. The fourth-order valence-corrected chi connectivity index (χ4v) is 3.15. The molecule has 0 aliphatic rings. The predicted molar refractivity (Wildman–Crippen MR) is 67.0 cm³/mol. The third kappa shape index (κ3) is 2.70. The van der Waals surface area contributed by atoms with E-state index in [9.17, 15) is 17.8 Å². The van der Waals surface area contributed by atoms with Crippen LogP contribution in [-0.4, -0.2) is 34.0 Å². The van der Waals surface area contributed by atoms with Crippen molar-refractivity contribution >= 4 is 38.3 Å². The highest BCUT2D eigenvalue weighted by molar-refractivity contribution is 7.87. The quantitative estimate of drug-likeness (QED) is 0.813. The number of nitrogens with zero attached hydrogens (tertiary/aromatic N) is 3. The van der Waals surface area contributed by atoms with E-state index >= 15 is 0 Å². The van der Waals surface area contributed by atoms with E-state index in [1.54, 1.807) is 0 Å². The van der Waals surface area contributed by atoms with Crippen molar-refractivity contribution in [2.75, 3.05) is 4.31 Å². The van der Waals surface area contributed by atoms with Crippen LogP contribution in [-0.2, 0) is 10.3 Å². The normalized spacial score (nSPS) is 11.2. The minimum absolute atomic E-state index is 0.0109. The predicted octanol–water partition coefficient (Wildman–Crippen LogP) is 1.18. The van der Waals surface area contributed by atoms with E-state index in [0.29, 0.717) is 4.31 Å². The number of aromatic carboxylic acids is 1. The van der Waals surface area contributed by atoms with Crippen LogP contribution in [0.2, 0.25) is 0 Å². The highest BCUT2D eigenvalue weighted by Crippen LogP contribution is 2.33. The summed E-state index contributed by atoms with van der Waals surface area (Å²) < 4.78 is 32.6. The molecule has 2 N–H and O–H groups in total. The summed E-state index contributed by atoms with van der Waals surface area (Å²) in [5, 5.41) is 8.72. The van der Waals surface area contributed by atoms with Crippen LogP contribution in [0.1, 0.15) is 10.5 Å². The maximum Gasteiger partial charge on any atom is 0.365 e. The summed E-state index contributed by atoms with van der Waals surface area (Å²) in [4.78, 5) is 18.3. The van der Waals surface area contributed by atoms with Gasteiger partial charge in [0.2, 0.25) is 0 Å². The number of thiazole rings is 1. The minimum atomic E-state index is -4.70. The first-order chi connectivity index (χ1) is 8.91. The second-order valence-electron chi connectivity index (χ2n) is 3.26. The molecular formula is C9H7N3O5S2. The van der Waals surface area contributed by atoms with Crippen LogP contribution in [0.3, 0.4) is 0 Å². The van der Waals surface area contributed by atoms with Gasteiger partial charge in [0.1, 0.15) is 5.00 Å². The summed E-state index contributed by atoms with van der Waals surface area (Å²) >= 11 is 0.775. The summed E-state index contributed by atoms with van der Waals surface area (Å²) in [6.07, 6.45) is 2.59. The molecule has 0 unspecified atom stereocenters. The number of anilines is 2. The molecule has 0 aliphatic heterocycles. The van der Waals surface area contributed by atoms with Gasteiger partial charge in [-0.1, -0.05) is 0 Å². The van der Waals surface area contributed by atoms with Crippen LogP contribution in [0, 0.1) is 0 Å². The van der Waals surface area contributed by atoms with E-state index in [0.717, 1.165) is 11.3 Å². The van der Waals surface area contributed by atoms with Crippen molar-refractivity contribution in [3.05, 3.63) is 35.7 Å². The molecule has 2 aromatic rings. The van der Waals surface area contributed by atoms with E-state index in [4.69, 9.17) is 5.11 Å². The molecule has 0 amide bonds. The van der Waals surface area contributed by atoms with Crippen LogP contribution < -0.4 is 4.31 Å². The van der Waals surface area contributed by atoms with Crippen molar-refractivity contribution in [1.29, 1.82) is 0 Å². The first kappa shape index (κ1) is 13.4. The lowest BCUT2D eigenvalue weighted by molar-refractivity contribution is 0.0692. The number of hydrogen-bond acceptors (Lipinski definition) is 6. The lowest BCUT2D eigenvalue weighted by atomic mass is 10.4. The molecule has 0 fully saturated rings. The first-order valence-corrected chi connectivity index (χ1v) is 7.03. The second-order valence-corrected chi connectivity index (χ2v) is 5.36. The van der Waals surface area contributed by atoms with Crippen LogP contribution in [0.5, 0.6) is 0 Å². The molecule has 0 saturated carbocycles. The van der Waals surface area contributed by atoms with Gasteiger partial charge < -0.3 is 5.11 Å². The summed E-state index contributed by atoms with van der Waals surface area (Å²) in [5.41, 5.74) is 0.719. The van der Waals surface area contributed by atoms with E-state index in [2.05, 4.69) is 9.97 Å². The van der Waals surface area contributed by atoms with Crippen molar-refractivity contribution < 1.29 is 22.9 Å². The standard InChI is InChI=1S/C9H7N3O5S2/c13-9(14)7-8(18-5-11-7)12(19(15,16)17)6-2-1-3-10-4-6/h1-5H,(H,13,14)(H,15,16,17). The molecule has 0 spiro atoms. The van der Waals surface area contributed by atoms with Gasteiger partial charge in [-0.2, -0.15) is 8.42 Å². The molecule has 0 aliphatic carbocycles. The third-order valence-corrected chi connectivity index (χ3v) is 3.83. The Hall–Kier alpha value is -2.04. The van der Waals surface area contributed by atoms with Gasteiger partial charge in [0.05, 0.1) is 17.4 Å². The van der Waals surface area contributed by atoms with Gasteiger partial charge in [0.25, 0.3) is 0 Å². The molecule has 0 saturated heterocycles. The molecule has 2 aromatic heterocycles.